The maximum atomic E-state index is 2.46. The number of allylic oxidation sites excluding steroid dienone is 2. The Hall–Kier alpha value is -2.06. The molecule has 2 unspecified atom stereocenters. The van der Waals surface area contributed by atoms with E-state index >= 15 is 0 Å². The van der Waals surface area contributed by atoms with Crippen LogP contribution in [0.5, 0.6) is 0 Å². The van der Waals surface area contributed by atoms with Gasteiger partial charge in [0, 0.05) is 0 Å². The van der Waals surface area contributed by atoms with Crippen molar-refractivity contribution in [2.45, 2.75) is 21.1 Å². The van der Waals surface area contributed by atoms with Crippen LogP contribution in [0.2, 0.25) is 0 Å². The topological polar surface area (TPSA) is 9.86 Å². The number of aryl methyl sites for hydroxylation is 2. The van der Waals surface area contributed by atoms with Gasteiger partial charge in [-0.3, -0.25) is 0 Å². The fourth-order valence-electron chi connectivity index (χ4n) is 5.09. The van der Waals surface area contributed by atoms with Crippen LogP contribution in [-0.2, 0) is 23.2 Å². The van der Waals surface area contributed by atoms with Crippen molar-refractivity contribution in [3.63, 3.8) is 0 Å². The fraction of sp³-hybridized carbons (Fsp3) is 0.143. The maximum absolute atomic E-state index is 2.46. The first-order valence-corrected chi connectivity index (χ1v) is 13.7. The summed E-state index contributed by atoms with van der Waals surface area (Å²) in [6.07, 6.45) is 13.7. The first-order chi connectivity index (χ1) is 15.2. The van der Waals surface area contributed by atoms with Gasteiger partial charge >= 0.3 is 196 Å². The molecule has 0 amide bonds. The quantitative estimate of drug-likeness (QED) is 0.356. The second-order valence-corrected chi connectivity index (χ2v) is 12.2. The molecular formula is C28H24Cl2N2Zr. The smallest absolute Gasteiger partial charge is 1.00 e. The van der Waals surface area contributed by atoms with Gasteiger partial charge in [0.05, 0.1) is 0 Å². The molecule has 33 heavy (non-hydrogen) atoms. The molecule has 2 nitrogen and oxygen atoms in total. The van der Waals surface area contributed by atoms with Gasteiger partial charge in [-0.2, -0.15) is 0 Å². The molecule has 0 spiro atoms. The monoisotopic (exact) mass is 548 g/mol. The summed E-state index contributed by atoms with van der Waals surface area (Å²) in [5.41, 5.74) is 11.7. The van der Waals surface area contributed by atoms with Crippen LogP contribution < -0.4 is 24.8 Å². The predicted octanol–water partition coefficient (Wildman–Crippen LogP) is 0.803. The number of hydrogen-bond acceptors (Lipinski definition) is 0. The minimum atomic E-state index is -0.981. The Morgan fingerprint density at radius 2 is 1.21 bits per heavy atom. The van der Waals surface area contributed by atoms with Gasteiger partial charge in [0.15, 0.2) is 0 Å². The van der Waals surface area contributed by atoms with Gasteiger partial charge in [0.2, 0.25) is 0 Å². The Labute approximate surface area is 219 Å². The molecule has 0 saturated carbocycles. The number of hydrogen-bond donors (Lipinski definition) is 0. The maximum Gasteiger partial charge on any atom is -1.00 e. The van der Waals surface area contributed by atoms with Crippen molar-refractivity contribution in [2.24, 2.45) is 0 Å². The van der Waals surface area contributed by atoms with E-state index in [0.717, 1.165) is 0 Å². The number of nitrogens with zero attached hydrogens (tertiary/aromatic N) is 2. The standard InChI is InChI=1S/C15H14N.C13H10N.2ClH.Zr/c1-11-5-6-12(2)15-10-13(9-14(11)15)16-7-3-4-8-16;1-2-6-12-10-13(9-11(12)5-1)14-7-3-4-8-14;;;/h3-10H,1-2H3;1-10H;2*1H;/q;;;;+2/p-2. The first-order valence-electron chi connectivity index (χ1n) is 10.9. The minimum absolute atomic E-state index is 0. The van der Waals surface area contributed by atoms with Crippen molar-refractivity contribution in [3.05, 3.63) is 119 Å². The van der Waals surface area contributed by atoms with E-state index in [-0.39, 0.29) is 24.8 Å². The number of benzene rings is 2. The van der Waals surface area contributed by atoms with E-state index in [0.29, 0.717) is 7.25 Å². The number of rotatable bonds is 4. The Balaban J connectivity index is 0.00000130. The third-order valence-electron chi connectivity index (χ3n) is 6.64. The normalized spacial score (nSPS) is 17.8. The van der Waals surface area contributed by atoms with Gasteiger partial charge in [0.1, 0.15) is 0 Å². The zero-order chi connectivity index (χ0) is 20.9. The molecule has 2 aromatic carbocycles. The molecule has 2 aliphatic carbocycles. The number of aromatic nitrogens is 2. The summed E-state index contributed by atoms with van der Waals surface area (Å²) in [5, 5.41) is 0. The molecule has 2 atom stereocenters. The van der Waals surface area contributed by atoms with Gasteiger partial charge in [-0.05, 0) is 0 Å². The van der Waals surface area contributed by atoms with E-state index in [4.69, 9.17) is 0 Å². The third kappa shape index (κ3) is 4.05. The van der Waals surface area contributed by atoms with E-state index in [1.807, 2.05) is 0 Å². The molecule has 0 aliphatic heterocycles. The van der Waals surface area contributed by atoms with Gasteiger partial charge < -0.3 is 24.8 Å². The Bertz CT molecular complexity index is 1330. The van der Waals surface area contributed by atoms with Gasteiger partial charge in [-0.1, -0.05) is 0 Å². The average molecular weight is 551 g/mol. The molecule has 0 fully saturated rings. The van der Waals surface area contributed by atoms with Crippen molar-refractivity contribution < 1.29 is 48.0 Å². The first kappa shape index (κ1) is 24.1. The number of halogens is 2. The summed E-state index contributed by atoms with van der Waals surface area (Å²) >= 11 is -0.981. The van der Waals surface area contributed by atoms with E-state index in [1.54, 1.807) is 5.56 Å². The molecule has 0 N–H and O–H groups in total. The van der Waals surface area contributed by atoms with Crippen molar-refractivity contribution in [3.8, 4) is 0 Å². The molecule has 164 valence electrons. The Morgan fingerprint density at radius 3 is 1.88 bits per heavy atom. The zero-order valence-corrected chi connectivity index (χ0v) is 22.5. The van der Waals surface area contributed by atoms with E-state index in [2.05, 4.69) is 121 Å². The summed E-state index contributed by atoms with van der Waals surface area (Å²) in [7, 11) is 0. The van der Waals surface area contributed by atoms with E-state index in [1.165, 1.54) is 39.2 Å². The Morgan fingerprint density at radius 1 is 0.636 bits per heavy atom. The molecule has 6 rings (SSSR count). The largest absolute Gasteiger partial charge is 1.00 e. The molecule has 2 heterocycles. The molecule has 0 saturated heterocycles. The molecule has 2 aromatic heterocycles. The van der Waals surface area contributed by atoms with Gasteiger partial charge in [-0.25, -0.2) is 0 Å². The van der Waals surface area contributed by atoms with E-state index in [9.17, 15) is 0 Å². The number of fused-ring (bicyclic) bond motifs is 2. The summed E-state index contributed by atoms with van der Waals surface area (Å²) in [4.78, 5) is 0. The van der Waals surface area contributed by atoms with Crippen LogP contribution in [0.1, 0.15) is 40.6 Å². The summed E-state index contributed by atoms with van der Waals surface area (Å²) in [6.45, 7) is 4.55. The van der Waals surface area contributed by atoms with Crippen LogP contribution in [0.15, 0.2) is 85.5 Å². The SMILES string of the molecule is Cc1ccc(C)c2c1C=C(n1cccc1)[CH]2[Zr+2][CH]1C(n2cccc2)=Cc2ccccc21.[Cl-].[Cl-]. The Kier molecular flexibility index (Phi) is 7.05. The molecular weight excluding hydrogens is 526 g/mol. The molecule has 5 heteroatoms. The van der Waals surface area contributed by atoms with Gasteiger partial charge in [0.25, 0.3) is 0 Å². The fourth-order valence-corrected chi connectivity index (χ4v) is 10.3. The second-order valence-electron chi connectivity index (χ2n) is 8.51. The van der Waals surface area contributed by atoms with Crippen LogP contribution >= 0.6 is 0 Å². The molecule has 2 aliphatic rings. The zero-order valence-electron chi connectivity index (χ0n) is 18.5. The molecule has 0 bridgehead atoms. The predicted molar refractivity (Wildman–Crippen MR) is 125 cm³/mol. The van der Waals surface area contributed by atoms with Crippen molar-refractivity contribution in [1.82, 2.24) is 9.13 Å². The molecule has 4 aromatic rings. The van der Waals surface area contributed by atoms with E-state index < -0.39 is 23.2 Å². The van der Waals surface area contributed by atoms with Crippen molar-refractivity contribution in [2.75, 3.05) is 0 Å². The molecule has 0 radical (unpaired) electrons. The summed E-state index contributed by atoms with van der Waals surface area (Å²) in [5.74, 6) is 0. The van der Waals surface area contributed by atoms with Crippen molar-refractivity contribution >= 4 is 23.5 Å². The van der Waals surface area contributed by atoms with Crippen LogP contribution in [0.3, 0.4) is 0 Å². The van der Waals surface area contributed by atoms with Crippen LogP contribution in [0, 0.1) is 13.8 Å². The van der Waals surface area contributed by atoms with Crippen molar-refractivity contribution in [1.29, 1.82) is 0 Å². The average Bonchev–Trinajstić information content (AvgIpc) is 3.57. The van der Waals surface area contributed by atoms with Crippen LogP contribution in [0.25, 0.3) is 23.5 Å². The van der Waals surface area contributed by atoms with Crippen LogP contribution in [0.4, 0.5) is 0 Å². The van der Waals surface area contributed by atoms with Gasteiger partial charge in [-0.15, -0.1) is 0 Å². The summed E-state index contributed by atoms with van der Waals surface area (Å²) < 4.78 is 5.75. The minimum Gasteiger partial charge on any atom is -1.00 e. The summed E-state index contributed by atoms with van der Waals surface area (Å²) in [6, 6.07) is 22.1. The second kappa shape index (κ2) is 9.67. The van der Waals surface area contributed by atoms with Crippen LogP contribution in [-0.4, -0.2) is 9.13 Å². The third-order valence-corrected chi connectivity index (χ3v) is 11.2.